The van der Waals surface area contributed by atoms with Crippen LogP contribution in [0.15, 0.2) is 28.9 Å². The van der Waals surface area contributed by atoms with Gasteiger partial charge in [0.15, 0.2) is 0 Å². The number of nitrogens with zero attached hydrogens (tertiary/aromatic N) is 2. The molecule has 0 radical (unpaired) electrons. The van der Waals surface area contributed by atoms with E-state index in [1.54, 1.807) is 23.1 Å². The normalized spacial score (nSPS) is 22.3. The molecular formula is C20H23FN2O3. The van der Waals surface area contributed by atoms with E-state index >= 15 is 0 Å². The van der Waals surface area contributed by atoms with Gasteiger partial charge in [0.2, 0.25) is 11.8 Å². The van der Waals surface area contributed by atoms with Crippen LogP contribution in [0.4, 0.5) is 4.39 Å². The van der Waals surface area contributed by atoms with Gasteiger partial charge in [-0.05, 0) is 30.9 Å². The monoisotopic (exact) mass is 358 g/mol. The summed E-state index contributed by atoms with van der Waals surface area (Å²) in [7, 11) is 1.76. The zero-order valence-electron chi connectivity index (χ0n) is 15.1. The quantitative estimate of drug-likeness (QED) is 0.825. The maximum Gasteiger partial charge on any atom is 0.227 e. The molecule has 1 saturated heterocycles. The van der Waals surface area contributed by atoms with E-state index in [1.807, 2.05) is 25.1 Å². The Balaban J connectivity index is 1.32. The van der Waals surface area contributed by atoms with Gasteiger partial charge in [0.05, 0.1) is 25.4 Å². The molecule has 1 saturated carbocycles. The summed E-state index contributed by atoms with van der Waals surface area (Å²) in [5.74, 6) is -0.198. The lowest BCUT2D eigenvalue weighted by Gasteiger charge is -2.44. The fourth-order valence-corrected chi connectivity index (χ4v) is 3.67. The molecule has 1 aromatic carbocycles. The van der Waals surface area contributed by atoms with Crippen molar-refractivity contribution < 1.29 is 18.4 Å². The number of furan rings is 1. The molecule has 0 spiro atoms. The van der Waals surface area contributed by atoms with Crippen LogP contribution >= 0.6 is 0 Å². The van der Waals surface area contributed by atoms with Gasteiger partial charge in [0, 0.05) is 37.0 Å². The fourth-order valence-electron chi connectivity index (χ4n) is 3.67. The summed E-state index contributed by atoms with van der Waals surface area (Å²) in [5.41, 5.74) is 2.81. The highest BCUT2D eigenvalue weighted by atomic mass is 19.1. The highest BCUT2D eigenvalue weighted by molar-refractivity contribution is 5.88. The van der Waals surface area contributed by atoms with E-state index in [4.69, 9.17) is 4.42 Å². The van der Waals surface area contributed by atoms with Crippen molar-refractivity contribution in [3.05, 3.63) is 35.6 Å². The first kappa shape index (κ1) is 17.1. The lowest BCUT2D eigenvalue weighted by atomic mass is 10.0. The van der Waals surface area contributed by atoms with Crippen LogP contribution in [-0.2, 0) is 16.0 Å². The molecule has 6 heteroatoms. The minimum atomic E-state index is -0.419. The number of likely N-dealkylation sites (tertiary alicyclic amines) is 1. The van der Waals surface area contributed by atoms with Gasteiger partial charge < -0.3 is 14.2 Å². The molecule has 2 heterocycles. The number of aryl methyl sites for hydroxylation is 1. The molecule has 2 amide bonds. The van der Waals surface area contributed by atoms with E-state index in [-0.39, 0.29) is 29.7 Å². The number of fused-ring (bicyclic) bond motifs is 1. The van der Waals surface area contributed by atoms with Crippen molar-refractivity contribution in [3.63, 3.8) is 0 Å². The maximum atomic E-state index is 12.6. The number of benzene rings is 1. The Morgan fingerprint density at radius 1 is 1.35 bits per heavy atom. The van der Waals surface area contributed by atoms with E-state index in [2.05, 4.69) is 0 Å². The maximum absolute atomic E-state index is 12.6. The predicted molar refractivity (Wildman–Crippen MR) is 95.4 cm³/mol. The van der Waals surface area contributed by atoms with Crippen LogP contribution < -0.4 is 0 Å². The third-order valence-corrected chi connectivity index (χ3v) is 5.70. The lowest BCUT2D eigenvalue weighted by molar-refractivity contribution is -0.145. The van der Waals surface area contributed by atoms with Gasteiger partial charge in [0.25, 0.3) is 0 Å². The van der Waals surface area contributed by atoms with Crippen molar-refractivity contribution in [2.45, 2.75) is 25.8 Å². The van der Waals surface area contributed by atoms with Crippen molar-refractivity contribution in [1.29, 1.82) is 0 Å². The van der Waals surface area contributed by atoms with Crippen molar-refractivity contribution in [1.82, 2.24) is 9.80 Å². The fraction of sp³-hybridized carbons (Fsp3) is 0.500. The molecule has 0 bridgehead atoms. The Bertz CT molecular complexity index is 856. The summed E-state index contributed by atoms with van der Waals surface area (Å²) in [4.78, 5) is 28.2. The van der Waals surface area contributed by atoms with Crippen LogP contribution in [-0.4, -0.2) is 54.5 Å². The van der Waals surface area contributed by atoms with Crippen LogP contribution in [0.5, 0.6) is 0 Å². The standard InChI is InChI=1S/C20H23FN2O3/c1-12-3-4-16-14(11-26-18(16)5-12)7-19(24)23-9-15(10-23)22(2)20(25)17-6-13(17)8-21/h3-5,11,13,15,17H,6-10H2,1-2H3/t13-,17-/m1/s1. The number of likely N-dealkylation sites (N-methyl/N-ethyl adjacent to an activating group) is 1. The van der Waals surface area contributed by atoms with E-state index in [0.29, 0.717) is 25.9 Å². The molecular weight excluding hydrogens is 335 g/mol. The SMILES string of the molecule is Cc1ccc2c(CC(=O)N3CC(N(C)C(=O)[C@@H]4C[C@@H]4CF)C3)coc2c1. The topological polar surface area (TPSA) is 53.8 Å². The first-order chi connectivity index (χ1) is 12.5. The molecule has 1 aromatic heterocycles. The zero-order chi connectivity index (χ0) is 18.4. The Hall–Kier alpha value is -2.37. The second-order valence-electron chi connectivity index (χ2n) is 7.60. The van der Waals surface area contributed by atoms with Gasteiger partial charge in [-0.15, -0.1) is 0 Å². The molecule has 0 unspecified atom stereocenters. The molecule has 2 aromatic rings. The molecule has 2 fully saturated rings. The van der Waals surface area contributed by atoms with Gasteiger partial charge in [-0.3, -0.25) is 14.0 Å². The minimum absolute atomic E-state index is 0.0148. The molecule has 4 rings (SSSR count). The van der Waals surface area contributed by atoms with Gasteiger partial charge in [-0.2, -0.15) is 0 Å². The lowest BCUT2D eigenvalue weighted by Crippen LogP contribution is -2.61. The number of hydrogen-bond donors (Lipinski definition) is 0. The Morgan fingerprint density at radius 2 is 2.12 bits per heavy atom. The number of rotatable bonds is 5. The number of hydrogen-bond acceptors (Lipinski definition) is 3. The van der Waals surface area contributed by atoms with Crippen molar-refractivity contribution in [3.8, 4) is 0 Å². The van der Waals surface area contributed by atoms with Gasteiger partial charge in [0.1, 0.15) is 5.58 Å². The largest absolute Gasteiger partial charge is 0.464 e. The highest BCUT2D eigenvalue weighted by Gasteiger charge is 2.46. The molecule has 2 atom stereocenters. The van der Waals surface area contributed by atoms with Gasteiger partial charge >= 0.3 is 0 Å². The van der Waals surface area contributed by atoms with E-state index in [9.17, 15) is 14.0 Å². The first-order valence-electron chi connectivity index (χ1n) is 9.05. The average molecular weight is 358 g/mol. The molecule has 0 N–H and O–H groups in total. The third-order valence-electron chi connectivity index (χ3n) is 5.70. The molecule has 1 aliphatic heterocycles. The van der Waals surface area contributed by atoms with Crippen LogP contribution in [0.2, 0.25) is 0 Å². The first-order valence-corrected chi connectivity index (χ1v) is 9.05. The summed E-state index contributed by atoms with van der Waals surface area (Å²) in [6.07, 6.45) is 2.61. The Labute approximate surface area is 151 Å². The molecule has 2 aliphatic rings. The van der Waals surface area contributed by atoms with Crippen LogP contribution in [0, 0.1) is 18.8 Å². The van der Waals surface area contributed by atoms with Crippen molar-refractivity contribution in [2.24, 2.45) is 11.8 Å². The van der Waals surface area contributed by atoms with E-state index in [1.165, 1.54) is 0 Å². The molecule has 26 heavy (non-hydrogen) atoms. The van der Waals surface area contributed by atoms with Crippen LogP contribution in [0.1, 0.15) is 17.5 Å². The number of carbonyl (C=O) groups is 2. The highest BCUT2D eigenvalue weighted by Crippen LogP contribution is 2.40. The second-order valence-corrected chi connectivity index (χ2v) is 7.60. The minimum Gasteiger partial charge on any atom is -0.464 e. The van der Waals surface area contributed by atoms with E-state index < -0.39 is 6.67 Å². The van der Waals surface area contributed by atoms with Crippen LogP contribution in [0.25, 0.3) is 11.0 Å². The number of carbonyl (C=O) groups excluding carboxylic acids is 2. The van der Waals surface area contributed by atoms with Crippen molar-refractivity contribution in [2.75, 3.05) is 26.8 Å². The molecule has 1 aliphatic carbocycles. The van der Waals surface area contributed by atoms with Gasteiger partial charge in [-0.1, -0.05) is 12.1 Å². The summed E-state index contributed by atoms with van der Waals surface area (Å²) in [6, 6.07) is 6.00. The zero-order valence-corrected chi connectivity index (χ0v) is 15.1. The molecule has 5 nitrogen and oxygen atoms in total. The summed E-state index contributed by atoms with van der Waals surface area (Å²) in [6.45, 7) is 2.67. The third kappa shape index (κ3) is 2.97. The van der Waals surface area contributed by atoms with Crippen molar-refractivity contribution >= 4 is 22.8 Å². The number of amides is 2. The average Bonchev–Trinajstić information content (AvgIpc) is 3.27. The molecule has 138 valence electrons. The van der Waals surface area contributed by atoms with Gasteiger partial charge in [-0.25, -0.2) is 0 Å². The Kier molecular flexibility index (Phi) is 4.21. The van der Waals surface area contributed by atoms with E-state index in [0.717, 1.165) is 22.1 Å². The summed E-state index contributed by atoms with van der Waals surface area (Å²) >= 11 is 0. The Morgan fingerprint density at radius 3 is 2.81 bits per heavy atom. The predicted octanol–water partition coefficient (Wildman–Crippen LogP) is 2.56. The summed E-state index contributed by atoms with van der Waals surface area (Å²) in [5, 5.41) is 0.972. The van der Waals surface area contributed by atoms with Crippen LogP contribution in [0.3, 0.4) is 0 Å². The smallest absolute Gasteiger partial charge is 0.227 e. The number of alkyl halides is 1. The second kappa shape index (κ2) is 6.41. The summed E-state index contributed by atoms with van der Waals surface area (Å²) < 4.78 is 18.2. The number of halogens is 1.